The van der Waals surface area contributed by atoms with E-state index in [0.717, 1.165) is 82.3 Å². The zero-order valence-electron chi connectivity index (χ0n) is 20.2. The molecular formula is C25H36N8O. The van der Waals surface area contributed by atoms with Crippen LogP contribution in [-0.2, 0) is 17.6 Å². The minimum Gasteiger partial charge on any atom is -0.338 e. The van der Waals surface area contributed by atoms with E-state index in [1.54, 1.807) is 0 Å². The van der Waals surface area contributed by atoms with E-state index in [4.69, 9.17) is 9.97 Å². The summed E-state index contributed by atoms with van der Waals surface area (Å²) >= 11 is 0. The Bertz CT molecular complexity index is 1040. The summed E-state index contributed by atoms with van der Waals surface area (Å²) in [6.45, 7) is 4.31. The molecule has 3 fully saturated rings. The smallest absolute Gasteiger partial charge is 0.245 e. The topological polar surface area (TPSA) is 93.3 Å². The maximum absolute atomic E-state index is 13.4. The molecule has 0 aromatic carbocycles. The number of amides is 1. The highest BCUT2D eigenvalue weighted by molar-refractivity contribution is 5.85. The molecule has 182 valence electrons. The number of hydrogen-bond acceptors (Lipinski definition) is 7. The normalized spacial score (nSPS) is 23.6. The number of H-pyrrole nitrogens is 1. The maximum Gasteiger partial charge on any atom is 0.245 e. The van der Waals surface area contributed by atoms with Crippen molar-refractivity contribution in [2.24, 2.45) is 0 Å². The van der Waals surface area contributed by atoms with E-state index < -0.39 is 0 Å². The third kappa shape index (κ3) is 4.15. The van der Waals surface area contributed by atoms with Gasteiger partial charge in [0.1, 0.15) is 11.9 Å². The van der Waals surface area contributed by atoms with Gasteiger partial charge in [-0.3, -0.25) is 4.79 Å². The van der Waals surface area contributed by atoms with Crippen LogP contribution < -0.4 is 10.2 Å². The first-order valence-corrected chi connectivity index (χ1v) is 13.1. The summed E-state index contributed by atoms with van der Waals surface area (Å²) in [5, 5.41) is 3.48. The van der Waals surface area contributed by atoms with Crippen LogP contribution in [0.5, 0.6) is 0 Å². The highest BCUT2D eigenvalue weighted by atomic mass is 16.2. The lowest BCUT2D eigenvalue weighted by Crippen LogP contribution is -2.53. The lowest BCUT2D eigenvalue weighted by Gasteiger charge is -2.36. The maximum atomic E-state index is 13.4. The predicted octanol–water partition coefficient (Wildman–Crippen LogP) is 2.83. The Kier molecular flexibility index (Phi) is 5.89. The molecular weight excluding hydrogens is 428 g/mol. The molecule has 9 heteroatoms. The second kappa shape index (κ2) is 9.17. The first kappa shape index (κ1) is 21.8. The summed E-state index contributed by atoms with van der Waals surface area (Å²) in [6, 6.07) is -0.159. The van der Waals surface area contributed by atoms with Crippen LogP contribution in [0.4, 0.5) is 17.7 Å². The molecule has 2 aromatic heterocycles. The molecule has 2 N–H and O–H groups in total. The molecule has 34 heavy (non-hydrogen) atoms. The first-order valence-electron chi connectivity index (χ1n) is 13.1. The molecule has 2 aromatic rings. The highest BCUT2D eigenvalue weighted by Crippen LogP contribution is 2.35. The average molecular weight is 465 g/mol. The Morgan fingerprint density at radius 1 is 1.00 bits per heavy atom. The first-order chi connectivity index (χ1) is 16.7. The number of fused-ring (bicyclic) bond motifs is 1. The number of hydrogen-bond donors (Lipinski definition) is 2. The zero-order chi connectivity index (χ0) is 23.1. The Balaban J connectivity index is 1.24. The number of imidazole rings is 1. The van der Waals surface area contributed by atoms with E-state index in [1.165, 1.54) is 36.9 Å². The van der Waals surface area contributed by atoms with Crippen molar-refractivity contribution in [3.05, 3.63) is 23.1 Å². The fraction of sp³-hybridized carbons (Fsp3) is 0.680. The van der Waals surface area contributed by atoms with Crippen LogP contribution in [0, 0.1) is 0 Å². The molecule has 4 aliphatic rings. The molecule has 2 aliphatic carbocycles. The Morgan fingerprint density at radius 3 is 2.65 bits per heavy atom. The largest absolute Gasteiger partial charge is 0.338 e. The van der Waals surface area contributed by atoms with Crippen LogP contribution in [0.1, 0.15) is 67.8 Å². The van der Waals surface area contributed by atoms with E-state index in [2.05, 4.69) is 32.1 Å². The van der Waals surface area contributed by atoms with Gasteiger partial charge in [0.25, 0.3) is 0 Å². The molecule has 0 unspecified atom stereocenters. The molecule has 1 amide bonds. The van der Waals surface area contributed by atoms with Gasteiger partial charge in [0, 0.05) is 49.9 Å². The molecule has 0 spiro atoms. The average Bonchev–Trinajstić information content (AvgIpc) is 3.65. The second-order valence-corrected chi connectivity index (χ2v) is 10.4. The lowest BCUT2D eigenvalue weighted by atomic mass is 10.1. The fourth-order valence-corrected chi connectivity index (χ4v) is 6.11. The van der Waals surface area contributed by atoms with Gasteiger partial charge in [0.15, 0.2) is 0 Å². The SMILES string of the molecule is CN1CCN(C(=O)[C@@H]2CCCN2c2nc3c(c(Nc4ncc(C5CCCC5)[nH]4)n2)CCC3)CC1. The summed E-state index contributed by atoms with van der Waals surface area (Å²) in [4.78, 5) is 37.9. The Hall–Kier alpha value is -2.68. The predicted molar refractivity (Wildman–Crippen MR) is 132 cm³/mol. The van der Waals surface area contributed by atoms with Crippen LogP contribution in [-0.4, -0.2) is 81.5 Å². The van der Waals surface area contributed by atoms with Crippen molar-refractivity contribution in [3.63, 3.8) is 0 Å². The molecule has 1 atom stereocenters. The summed E-state index contributed by atoms with van der Waals surface area (Å²) in [6.07, 6.45) is 12.0. The monoisotopic (exact) mass is 464 g/mol. The van der Waals surface area contributed by atoms with Crippen molar-refractivity contribution in [1.82, 2.24) is 29.7 Å². The van der Waals surface area contributed by atoms with Crippen molar-refractivity contribution < 1.29 is 4.79 Å². The number of rotatable bonds is 5. The van der Waals surface area contributed by atoms with Crippen LogP contribution in [0.15, 0.2) is 6.20 Å². The number of aryl methyl sites for hydroxylation is 1. The molecule has 2 aliphatic heterocycles. The van der Waals surface area contributed by atoms with Gasteiger partial charge in [-0.1, -0.05) is 12.8 Å². The van der Waals surface area contributed by atoms with Gasteiger partial charge in [0.05, 0.1) is 11.9 Å². The standard InChI is InChI=1S/C25H36N8O/c1-31-12-14-32(15-13-31)23(34)21-10-5-11-33(21)25-28-19-9-4-8-18(19)22(30-25)29-24-26-16-20(27-24)17-6-2-3-7-17/h16-17,21H,2-15H2,1H3,(H2,26,27,28,29,30)/t21-/m0/s1. The summed E-state index contributed by atoms with van der Waals surface area (Å²) < 4.78 is 0. The van der Waals surface area contributed by atoms with Crippen molar-refractivity contribution in [3.8, 4) is 0 Å². The summed E-state index contributed by atoms with van der Waals surface area (Å²) in [7, 11) is 2.12. The molecule has 6 rings (SSSR count). The molecule has 1 saturated carbocycles. The van der Waals surface area contributed by atoms with Gasteiger partial charge in [-0.05, 0) is 52.0 Å². The number of nitrogens with zero attached hydrogens (tertiary/aromatic N) is 6. The number of carbonyl (C=O) groups excluding carboxylic acids is 1. The lowest BCUT2D eigenvalue weighted by molar-refractivity contribution is -0.134. The molecule has 4 heterocycles. The molecule has 2 saturated heterocycles. The van der Waals surface area contributed by atoms with E-state index in [0.29, 0.717) is 11.9 Å². The van der Waals surface area contributed by atoms with Crippen molar-refractivity contribution in [2.45, 2.75) is 69.7 Å². The van der Waals surface area contributed by atoms with Gasteiger partial charge in [0.2, 0.25) is 17.8 Å². The van der Waals surface area contributed by atoms with Crippen LogP contribution in [0.3, 0.4) is 0 Å². The zero-order valence-corrected chi connectivity index (χ0v) is 20.2. The fourth-order valence-electron chi connectivity index (χ4n) is 6.11. The van der Waals surface area contributed by atoms with Gasteiger partial charge in [-0.2, -0.15) is 4.98 Å². The highest BCUT2D eigenvalue weighted by Gasteiger charge is 2.37. The number of aromatic amines is 1. The van der Waals surface area contributed by atoms with Crippen LogP contribution in [0.25, 0.3) is 0 Å². The minimum atomic E-state index is -0.159. The van der Waals surface area contributed by atoms with Crippen LogP contribution >= 0.6 is 0 Å². The van der Waals surface area contributed by atoms with E-state index >= 15 is 0 Å². The number of carbonyl (C=O) groups is 1. The summed E-state index contributed by atoms with van der Waals surface area (Å²) in [5.74, 6) is 3.13. The van der Waals surface area contributed by atoms with E-state index in [1.807, 2.05) is 11.1 Å². The quantitative estimate of drug-likeness (QED) is 0.703. The Morgan fingerprint density at radius 2 is 1.82 bits per heavy atom. The van der Waals surface area contributed by atoms with Gasteiger partial charge >= 0.3 is 0 Å². The third-order valence-corrected chi connectivity index (χ3v) is 8.16. The van der Waals surface area contributed by atoms with E-state index in [9.17, 15) is 4.79 Å². The number of nitrogens with one attached hydrogen (secondary N) is 2. The van der Waals surface area contributed by atoms with Gasteiger partial charge < -0.3 is 25.0 Å². The van der Waals surface area contributed by atoms with Crippen molar-refractivity contribution in [1.29, 1.82) is 0 Å². The number of aromatic nitrogens is 4. The second-order valence-electron chi connectivity index (χ2n) is 10.4. The number of likely N-dealkylation sites (N-methyl/N-ethyl adjacent to an activating group) is 1. The molecule has 9 nitrogen and oxygen atoms in total. The third-order valence-electron chi connectivity index (χ3n) is 8.16. The van der Waals surface area contributed by atoms with Crippen molar-refractivity contribution >= 4 is 23.6 Å². The number of anilines is 3. The van der Waals surface area contributed by atoms with Crippen LogP contribution in [0.2, 0.25) is 0 Å². The van der Waals surface area contributed by atoms with Gasteiger partial charge in [-0.15, -0.1) is 0 Å². The number of piperazine rings is 1. The van der Waals surface area contributed by atoms with Gasteiger partial charge in [-0.25, -0.2) is 9.97 Å². The molecule has 0 radical (unpaired) electrons. The molecule has 0 bridgehead atoms. The van der Waals surface area contributed by atoms with E-state index in [-0.39, 0.29) is 11.9 Å². The van der Waals surface area contributed by atoms with Crippen molar-refractivity contribution in [2.75, 3.05) is 50.0 Å². The summed E-state index contributed by atoms with van der Waals surface area (Å²) in [5.41, 5.74) is 3.54. The Labute approximate surface area is 201 Å². The minimum absolute atomic E-state index is 0.159.